The zero-order valence-electron chi connectivity index (χ0n) is 9.63. The maximum Gasteiger partial charge on any atom is 0.248 e. The molecule has 0 spiro atoms. The van der Waals surface area contributed by atoms with Crippen LogP contribution in [0.2, 0.25) is 0 Å². The molecule has 17 heavy (non-hydrogen) atoms. The molecule has 0 amide bonds. The van der Waals surface area contributed by atoms with Gasteiger partial charge in [0, 0.05) is 18.3 Å². The normalized spacial score (nSPS) is 17.0. The average Bonchev–Trinajstić information content (AvgIpc) is 3.12. The maximum atomic E-state index is 5.32. The summed E-state index contributed by atoms with van der Waals surface area (Å²) in [6, 6.07) is 3.82. The average molecular weight is 230 g/mol. The molecule has 5 heteroatoms. The van der Waals surface area contributed by atoms with Gasteiger partial charge in [-0.1, -0.05) is 11.2 Å². The minimum Gasteiger partial charge on any atom is -0.337 e. The smallest absolute Gasteiger partial charge is 0.248 e. The molecule has 0 unspecified atom stereocenters. The topological polar surface area (TPSA) is 63.8 Å². The summed E-state index contributed by atoms with van der Waals surface area (Å²) in [5.74, 6) is 1.96. The Labute approximate surface area is 99.3 Å². The van der Waals surface area contributed by atoms with Crippen molar-refractivity contribution < 1.29 is 4.52 Å². The Kier molecular flexibility index (Phi) is 2.60. The summed E-state index contributed by atoms with van der Waals surface area (Å²) in [5, 5.41) is 7.20. The molecule has 3 rings (SSSR count). The monoisotopic (exact) mass is 230 g/mol. The third-order valence-electron chi connectivity index (χ3n) is 2.95. The molecule has 2 aromatic rings. The van der Waals surface area contributed by atoms with Crippen LogP contribution in [0.5, 0.6) is 0 Å². The van der Waals surface area contributed by atoms with Gasteiger partial charge in [0.2, 0.25) is 5.89 Å². The number of pyridine rings is 1. The standard InChI is InChI=1S/C12H14N4O/c1-13-10(9-3-2-6-14-7-9)12-15-11(16-17-12)8-4-5-8/h2-3,6-8,10,13H,4-5H2,1H3/t10-/m1/s1. The lowest BCUT2D eigenvalue weighted by atomic mass is 10.1. The lowest BCUT2D eigenvalue weighted by molar-refractivity contribution is 0.350. The van der Waals surface area contributed by atoms with E-state index in [1.165, 1.54) is 12.8 Å². The Hall–Kier alpha value is -1.75. The van der Waals surface area contributed by atoms with Crippen molar-refractivity contribution in [3.63, 3.8) is 0 Å². The lowest BCUT2D eigenvalue weighted by Crippen LogP contribution is -2.18. The van der Waals surface area contributed by atoms with Crippen molar-refractivity contribution in [1.29, 1.82) is 0 Å². The molecule has 1 saturated carbocycles. The van der Waals surface area contributed by atoms with Crippen molar-refractivity contribution in [2.45, 2.75) is 24.8 Å². The summed E-state index contributed by atoms with van der Waals surface area (Å²) in [7, 11) is 1.87. The Morgan fingerprint density at radius 2 is 2.35 bits per heavy atom. The number of hydrogen-bond acceptors (Lipinski definition) is 5. The van der Waals surface area contributed by atoms with E-state index >= 15 is 0 Å². The molecule has 2 heterocycles. The minimum atomic E-state index is -0.0799. The molecule has 1 aliphatic carbocycles. The van der Waals surface area contributed by atoms with Gasteiger partial charge in [-0.25, -0.2) is 0 Å². The summed E-state index contributed by atoms with van der Waals surface area (Å²) < 4.78 is 5.32. The van der Waals surface area contributed by atoms with Crippen molar-refractivity contribution in [2.75, 3.05) is 7.05 Å². The predicted octanol–water partition coefficient (Wildman–Crippen LogP) is 1.65. The van der Waals surface area contributed by atoms with Gasteiger partial charge in [-0.15, -0.1) is 0 Å². The number of hydrogen-bond donors (Lipinski definition) is 1. The van der Waals surface area contributed by atoms with Gasteiger partial charge in [0.15, 0.2) is 5.82 Å². The molecule has 1 atom stereocenters. The van der Waals surface area contributed by atoms with Gasteiger partial charge in [-0.05, 0) is 31.5 Å². The first kappa shape index (κ1) is 10.4. The second kappa shape index (κ2) is 4.25. The van der Waals surface area contributed by atoms with Crippen LogP contribution in [0.1, 0.15) is 42.1 Å². The van der Waals surface area contributed by atoms with Crippen LogP contribution in [0, 0.1) is 0 Å². The van der Waals surface area contributed by atoms with Crippen LogP contribution < -0.4 is 5.32 Å². The predicted molar refractivity (Wildman–Crippen MR) is 61.4 cm³/mol. The van der Waals surface area contributed by atoms with E-state index in [-0.39, 0.29) is 6.04 Å². The molecule has 1 aliphatic rings. The van der Waals surface area contributed by atoms with Crippen LogP contribution in [-0.4, -0.2) is 22.2 Å². The van der Waals surface area contributed by atoms with Gasteiger partial charge in [0.1, 0.15) is 6.04 Å². The number of aromatic nitrogens is 3. The van der Waals surface area contributed by atoms with Crippen LogP contribution in [0.25, 0.3) is 0 Å². The van der Waals surface area contributed by atoms with E-state index in [9.17, 15) is 0 Å². The Bertz CT molecular complexity index is 492. The van der Waals surface area contributed by atoms with Crippen LogP contribution in [0.4, 0.5) is 0 Å². The quantitative estimate of drug-likeness (QED) is 0.865. The van der Waals surface area contributed by atoms with Crippen molar-refractivity contribution >= 4 is 0 Å². The summed E-state index contributed by atoms with van der Waals surface area (Å²) >= 11 is 0. The first-order valence-electron chi connectivity index (χ1n) is 5.79. The second-order valence-corrected chi connectivity index (χ2v) is 4.27. The highest BCUT2D eigenvalue weighted by Crippen LogP contribution is 2.38. The molecule has 0 saturated heterocycles. The fourth-order valence-electron chi connectivity index (χ4n) is 1.85. The highest BCUT2D eigenvalue weighted by atomic mass is 16.5. The van der Waals surface area contributed by atoms with E-state index in [1.54, 1.807) is 6.20 Å². The summed E-state index contributed by atoms with van der Waals surface area (Å²) in [6.07, 6.45) is 5.91. The first-order valence-corrected chi connectivity index (χ1v) is 5.79. The third kappa shape index (κ3) is 2.06. The summed E-state index contributed by atoms with van der Waals surface area (Å²) in [5.41, 5.74) is 1.03. The zero-order valence-corrected chi connectivity index (χ0v) is 9.63. The van der Waals surface area contributed by atoms with Gasteiger partial charge >= 0.3 is 0 Å². The highest BCUT2D eigenvalue weighted by molar-refractivity contribution is 5.20. The molecule has 1 N–H and O–H groups in total. The molecule has 2 aromatic heterocycles. The fourth-order valence-corrected chi connectivity index (χ4v) is 1.85. The molecule has 0 aliphatic heterocycles. The van der Waals surface area contributed by atoms with Gasteiger partial charge < -0.3 is 9.84 Å². The van der Waals surface area contributed by atoms with E-state index in [4.69, 9.17) is 4.52 Å². The SMILES string of the molecule is CN[C@H](c1cccnc1)c1nc(C2CC2)no1. The van der Waals surface area contributed by atoms with E-state index in [2.05, 4.69) is 20.4 Å². The third-order valence-corrected chi connectivity index (χ3v) is 2.95. The van der Waals surface area contributed by atoms with Crippen LogP contribution >= 0.6 is 0 Å². The Morgan fingerprint density at radius 1 is 1.47 bits per heavy atom. The molecule has 5 nitrogen and oxygen atoms in total. The zero-order chi connectivity index (χ0) is 11.7. The van der Waals surface area contributed by atoms with Gasteiger partial charge in [0.25, 0.3) is 0 Å². The number of nitrogens with one attached hydrogen (secondary N) is 1. The van der Waals surface area contributed by atoms with E-state index in [0.717, 1.165) is 11.4 Å². The molecular weight excluding hydrogens is 216 g/mol. The van der Waals surface area contributed by atoms with Crippen LogP contribution in [0.3, 0.4) is 0 Å². The van der Waals surface area contributed by atoms with E-state index in [0.29, 0.717) is 11.8 Å². The molecule has 0 aromatic carbocycles. The van der Waals surface area contributed by atoms with Crippen LogP contribution in [-0.2, 0) is 0 Å². The van der Waals surface area contributed by atoms with E-state index in [1.807, 2.05) is 25.4 Å². The van der Waals surface area contributed by atoms with Gasteiger partial charge in [-0.2, -0.15) is 4.98 Å². The van der Waals surface area contributed by atoms with Crippen molar-refractivity contribution in [3.05, 3.63) is 41.8 Å². The molecule has 0 radical (unpaired) electrons. The lowest BCUT2D eigenvalue weighted by Gasteiger charge is -2.10. The van der Waals surface area contributed by atoms with E-state index < -0.39 is 0 Å². The maximum absolute atomic E-state index is 5.32. The van der Waals surface area contributed by atoms with Gasteiger partial charge in [-0.3, -0.25) is 4.98 Å². The Morgan fingerprint density at radius 3 is 3.00 bits per heavy atom. The number of nitrogens with zero attached hydrogens (tertiary/aromatic N) is 3. The molecule has 88 valence electrons. The van der Waals surface area contributed by atoms with Crippen molar-refractivity contribution in [3.8, 4) is 0 Å². The molecular formula is C12H14N4O. The first-order chi connectivity index (χ1) is 8.38. The highest BCUT2D eigenvalue weighted by Gasteiger charge is 2.30. The summed E-state index contributed by atoms with van der Waals surface area (Å²) in [4.78, 5) is 8.56. The van der Waals surface area contributed by atoms with Crippen molar-refractivity contribution in [1.82, 2.24) is 20.4 Å². The largest absolute Gasteiger partial charge is 0.337 e. The molecule has 0 bridgehead atoms. The molecule has 1 fully saturated rings. The number of rotatable bonds is 4. The van der Waals surface area contributed by atoms with Crippen LogP contribution in [0.15, 0.2) is 29.0 Å². The fraction of sp³-hybridized carbons (Fsp3) is 0.417. The minimum absolute atomic E-state index is 0.0799. The Balaban J connectivity index is 1.88. The second-order valence-electron chi connectivity index (χ2n) is 4.27. The summed E-state index contributed by atoms with van der Waals surface area (Å²) in [6.45, 7) is 0. The van der Waals surface area contributed by atoms with Gasteiger partial charge in [0.05, 0.1) is 0 Å². The van der Waals surface area contributed by atoms with Crippen molar-refractivity contribution in [2.24, 2.45) is 0 Å².